The average Bonchev–Trinajstić information content (AvgIpc) is 3.09. The third-order valence-corrected chi connectivity index (χ3v) is 4.98. The first kappa shape index (κ1) is 14.7. The number of thiazole rings is 1. The number of allylic oxidation sites excluding steroid dienone is 1. The third-order valence-electron chi connectivity index (χ3n) is 3.14. The van der Waals surface area contributed by atoms with Crippen LogP contribution in [0, 0.1) is 5.41 Å². The molecule has 0 spiro atoms. The summed E-state index contributed by atoms with van der Waals surface area (Å²) in [5, 5.41) is 19.5. The van der Waals surface area contributed by atoms with Crippen LogP contribution in [0.1, 0.15) is 26.8 Å². The first-order chi connectivity index (χ1) is 10.6. The number of Topliss-reactive ketones (excluding diaryl/α,β-unsaturated/α-hetero) is 1. The molecule has 0 aliphatic carbocycles. The molecule has 0 bridgehead atoms. The molecule has 110 valence electrons. The van der Waals surface area contributed by atoms with E-state index >= 15 is 0 Å². The van der Waals surface area contributed by atoms with Crippen molar-refractivity contribution in [2.75, 3.05) is 0 Å². The van der Waals surface area contributed by atoms with Crippen molar-refractivity contribution in [3.05, 3.63) is 56.9 Å². The molecule has 0 saturated carbocycles. The number of hydrogen-bond acceptors (Lipinski definition) is 6. The van der Waals surface area contributed by atoms with E-state index in [1.54, 1.807) is 29.8 Å². The van der Waals surface area contributed by atoms with Crippen LogP contribution in [0.15, 0.2) is 40.7 Å². The highest BCUT2D eigenvalue weighted by Crippen LogP contribution is 2.41. The van der Waals surface area contributed by atoms with Crippen LogP contribution >= 0.6 is 23.1 Å². The average molecular weight is 330 g/mol. The standard InChI is InChI=1S/C15H10N2O3S2/c16-13-11(14-17-5-6-21-14)12(18)10(22-13)7-8-1-3-9(4-2-8)15(19)20/h1-7,11,16H,(H,19,20). The van der Waals surface area contributed by atoms with Crippen LogP contribution in [0.4, 0.5) is 0 Å². The Bertz CT molecular complexity index is 780. The molecule has 1 aromatic heterocycles. The van der Waals surface area contributed by atoms with Crippen molar-refractivity contribution >= 4 is 46.0 Å². The van der Waals surface area contributed by atoms with Gasteiger partial charge in [0.2, 0.25) is 0 Å². The second kappa shape index (κ2) is 5.86. The van der Waals surface area contributed by atoms with Crippen molar-refractivity contribution in [3.8, 4) is 0 Å². The minimum absolute atomic E-state index is 0.132. The van der Waals surface area contributed by atoms with Crippen molar-refractivity contribution in [2.45, 2.75) is 5.92 Å². The number of carbonyl (C=O) groups is 2. The van der Waals surface area contributed by atoms with Gasteiger partial charge in [0.1, 0.15) is 10.9 Å². The summed E-state index contributed by atoms with van der Waals surface area (Å²) in [4.78, 5) is 27.9. The van der Waals surface area contributed by atoms with Crippen LogP contribution in [0.5, 0.6) is 0 Å². The zero-order valence-corrected chi connectivity index (χ0v) is 12.8. The molecule has 2 N–H and O–H groups in total. The fourth-order valence-electron chi connectivity index (χ4n) is 2.06. The quantitative estimate of drug-likeness (QED) is 0.843. The molecule has 1 fully saturated rings. The molecule has 1 aliphatic rings. The Balaban J connectivity index is 1.88. The van der Waals surface area contributed by atoms with Crippen LogP contribution in [0.25, 0.3) is 6.08 Å². The number of benzene rings is 1. The lowest BCUT2D eigenvalue weighted by atomic mass is 10.0. The van der Waals surface area contributed by atoms with Gasteiger partial charge in [-0.2, -0.15) is 0 Å². The van der Waals surface area contributed by atoms with Crippen LogP contribution < -0.4 is 0 Å². The topological polar surface area (TPSA) is 91.1 Å². The fraction of sp³-hybridized carbons (Fsp3) is 0.0667. The van der Waals surface area contributed by atoms with Gasteiger partial charge in [-0.05, 0) is 23.8 Å². The van der Waals surface area contributed by atoms with Crippen LogP contribution in [0.3, 0.4) is 0 Å². The Morgan fingerprint density at radius 1 is 1.32 bits per heavy atom. The minimum Gasteiger partial charge on any atom is -0.478 e. The molecule has 1 aliphatic heterocycles. The molecule has 5 nitrogen and oxygen atoms in total. The number of aromatic nitrogens is 1. The van der Waals surface area contributed by atoms with E-state index in [0.717, 1.165) is 17.3 Å². The summed E-state index contributed by atoms with van der Waals surface area (Å²) in [6.45, 7) is 0. The molecule has 0 amide bonds. The second-order valence-corrected chi connectivity index (χ2v) is 6.58. The van der Waals surface area contributed by atoms with Gasteiger partial charge < -0.3 is 5.11 Å². The summed E-state index contributed by atoms with van der Waals surface area (Å²) in [5.41, 5.74) is 0.925. The van der Waals surface area contributed by atoms with E-state index in [1.165, 1.54) is 23.5 Å². The molecule has 22 heavy (non-hydrogen) atoms. The summed E-state index contributed by atoms with van der Waals surface area (Å²) in [6, 6.07) is 6.26. The van der Waals surface area contributed by atoms with Gasteiger partial charge in [0.15, 0.2) is 5.78 Å². The minimum atomic E-state index is -0.990. The first-order valence-electron chi connectivity index (χ1n) is 6.31. The van der Waals surface area contributed by atoms with E-state index in [2.05, 4.69) is 4.98 Å². The molecule has 0 radical (unpaired) electrons. The number of nitrogens with one attached hydrogen (secondary N) is 1. The van der Waals surface area contributed by atoms with Gasteiger partial charge in [-0.3, -0.25) is 10.2 Å². The zero-order chi connectivity index (χ0) is 15.7. The first-order valence-corrected chi connectivity index (χ1v) is 8.01. The van der Waals surface area contributed by atoms with Crippen molar-refractivity contribution in [2.24, 2.45) is 0 Å². The summed E-state index contributed by atoms with van der Waals surface area (Å²) in [7, 11) is 0. The van der Waals surface area contributed by atoms with Gasteiger partial charge in [0.05, 0.1) is 15.5 Å². The number of hydrogen-bond donors (Lipinski definition) is 2. The van der Waals surface area contributed by atoms with E-state index in [9.17, 15) is 9.59 Å². The van der Waals surface area contributed by atoms with Gasteiger partial charge in [-0.1, -0.05) is 23.9 Å². The Labute approximate surface area is 134 Å². The lowest BCUT2D eigenvalue weighted by molar-refractivity contribution is -0.114. The van der Waals surface area contributed by atoms with Crippen molar-refractivity contribution in [1.82, 2.24) is 4.98 Å². The van der Waals surface area contributed by atoms with Gasteiger partial charge in [0.25, 0.3) is 0 Å². The maximum atomic E-state index is 12.4. The molecule has 1 atom stereocenters. The van der Waals surface area contributed by atoms with E-state index in [4.69, 9.17) is 10.5 Å². The van der Waals surface area contributed by atoms with Gasteiger partial charge in [0, 0.05) is 11.6 Å². The largest absolute Gasteiger partial charge is 0.478 e. The molecule has 7 heteroatoms. The summed E-state index contributed by atoms with van der Waals surface area (Å²) >= 11 is 2.49. The number of rotatable bonds is 3. The second-order valence-electron chi connectivity index (χ2n) is 4.57. The zero-order valence-electron chi connectivity index (χ0n) is 11.1. The number of thioether (sulfide) groups is 1. The van der Waals surface area contributed by atoms with Crippen LogP contribution in [-0.2, 0) is 4.79 Å². The fourth-order valence-corrected chi connectivity index (χ4v) is 3.87. The lowest BCUT2D eigenvalue weighted by Gasteiger charge is -2.01. The van der Waals surface area contributed by atoms with Crippen LogP contribution in [0.2, 0.25) is 0 Å². The summed E-state index contributed by atoms with van der Waals surface area (Å²) in [6.07, 6.45) is 3.30. The monoisotopic (exact) mass is 330 g/mol. The van der Waals surface area contributed by atoms with E-state index in [-0.39, 0.29) is 16.4 Å². The highest BCUT2D eigenvalue weighted by atomic mass is 32.2. The van der Waals surface area contributed by atoms with Crippen molar-refractivity contribution in [3.63, 3.8) is 0 Å². The maximum Gasteiger partial charge on any atom is 0.335 e. The number of carboxylic acid groups (broad SMARTS) is 1. The number of ketones is 1. The van der Waals surface area contributed by atoms with Gasteiger partial charge in [-0.15, -0.1) is 11.3 Å². The number of aromatic carboxylic acids is 1. The van der Waals surface area contributed by atoms with Crippen LogP contribution in [-0.4, -0.2) is 26.9 Å². The molecule has 2 aromatic rings. The maximum absolute atomic E-state index is 12.4. The highest BCUT2D eigenvalue weighted by Gasteiger charge is 2.38. The number of carbonyl (C=O) groups excluding carboxylic acids is 1. The smallest absolute Gasteiger partial charge is 0.335 e. The normalized spacial score (nSPS) is 19.8. The Kier molecular flexibility index (Phi) is 3.91. The van der Waals surface area contributed by atoms with Gasteiger partial charge >= 0.3 is 5.97 Å². The Morgan fingerprint density at radius 3 is 2.64 bits per heavy atom. The molecular formula is C15H10N2O3S2. The van der Waals surface area contributed by atoms with Crippen molar-refractivity contribution in [1.29, 1.82) is 5.41 Å². The summed E-state index contributed by atoms with van der Waals surface area (Å²) < 4.78 is 0. The number of nitrogens with zero attached hydrogens (tertiary/aromatic N) is 1. The molecule has 1 unspecified atom stereocenters. The highest BCUT2D eigenvalue weighted by molar-refractivity contribution is 8.19. The SMILES string of the molecule is N=C1SC(=Cc2ccc(C(=O)O)cc2)C(=O)C1c1nccs1. The molecule has 1 saturated heterocycles. The van der Waals surface area contributed by atoms with E-state index in [0.29, 0.717) is 9.91 Å². The van der Waals surface area contributed by atoms with Crippen molar-refractivity contribution < 1.29 is 14.7 Å². The summed E-state index contributed by atoms with van der Waals surface area (Å²) in [5.74, 6) is -1.72. The molecule has 2 heterocycles. The Morgan fingerprint density at radius 2 is 2.05 bits per heavy atom. The molecule has 3 rings (SSSR count). The predicted octanol–water partition coefficient (Wildman–Crippen LogP) is 3.26. The Hall–Kier alpha value is -2.25. The molecular weight excluding hydrogens is 320 g/mol. The number of carboxylic acids is 1. The predicted molar refractivity (Wildman–Crippen MR) is 86.6 cm³/mol. The third kappa shape index (κ3) is 2.72. The molecule has 1 aromatic carbocycles. The van der Waals surface area contributed by atoms with E-state index in [1.807, 2.05) is 0 Å². The van der Waals surface area contributed by atoms with E-state index < -0.39 is 11.9 Å². The lowest BCUT2D eigenvalue weighted by Crippen LogP contribution is -2.11. The van der Waals surface area contributed by atoms with Gasteiger partial charge in [-0.25, -0.2) is 9.78 Å².